The average molecular weight is 514 g/mol. The number of aliphatic hydroxyl groups is 1. The largest absolute Gasteiger partial charge is 0.507 e. The highest BCUT2D eigenvalue weighted by atomic mass is 16.6. The lowest BCUT2D eigenvalue weighted by Gasteiger charge is -2.26. The van der Waals surface area contributed by atoms with Crippen LogP contribution in [0.2, 0.25) is 0 Å². The van der Waals surface area contributed by atoms with Crippen LogP contribution in [0.4, 0.5) is 0 Å². The number of aliphatic hydroxyl groups excluding tert-OH is 1. The van der Waals surface area contributed by atoms with Gasteiger partial charge in [0.25, 0.3) is 11.7 Å². The van der Waals surface area contributed by atoms with Gasteiger partial charge in [-0.15, -0.1) is 0 Å². The third-order valence-corrected chi connectivity index (χ3v) is 6.53. The van der Waals surface area contributed by atoms with Crippen molar-refractivity contribution < 1.29 is 33.7 Å². The second-order valence-electron chi connectivity index (χ2n) is 9.12. The second kappa shape index (κ2) is 10.4. The molecule has 1 amide bonds. The first-order valence-electron chi connectivity index (χ1n) is 12.4. The number of nitrogens with zero attached hydrogens (tertiary/aromatic N) is 1. The van der Waals surface area contributed by atoms with E-state index >= 15 is 0 Å². The molecule has 0 saturated carbocycles. The number of amides is 1. The summed E-state index contributed by atoms with van der Waals surface area (Å²) < 4.78 is 16.2. The van der Waals surface area contributed by atoms with E-state index in [1.807, 2.05) is 31.2 Å². The van der Waals surface area contributed by atoms with Gasteiger partial charge in [0.2, 0.25) is 0 Å². The second-order valence-corrected chi connectivity index (χ2v) is 9.12. The lowest BCUT2D eigenvalue weighted by molar-refractivity contribution is -0.140. The highest BCUT2D eigenvalue weighted by Gasteiger charge is 2.46. The molecule has 1 unspecified atom stereocenters. The van der Waals surface area contributed by atoms with Crippen LogP contribution >= 0.6 is 0 Å². The highest BCUT2D eigenvalue weighted by molar-refractivity contribution is 6.46. The molecular weight excluding hydrogens is 486 g/mol. The molecule has 1 N–H and O–H groups in total. The summed E-state index contributed by atoms with van der Waals surface area (Å²) in [6.07, 6.45) is 0. The summed E-state index contributed by atoms with van der Waals surface area (Å²) in [5.74, 6) is -1.19. The molecule has 2 aliphatic heterocycles. The van der Waals surface area contributed by atoms with Gasteiger partial charge in [-0.25, -0.2) is 4.79 Å². The number of rotatable bonds is 6. The van der Waals surface area contributed by atoms with E-state index in [2.05, 4.69) is 0 Å². The Hall–Kier alpha value is -4.59. The first-order valence-corrected chi connectivity index (χ1v) is 12.4. The van der Waals surface area contributed by atoms with Gasteiger partial charge in [-0.1, -0.05) is 42.0 Å². The molecule has 8 heteroatoms. The molecule has 0 aromatic heterocycles. The molecule has 1 saturated heterocycles. The maximum Gasteiger partial charge on any atom is 0.338 e. The Balaban J connectivity index is 1.55. The van der Waals surface area contributed by atoms with Crippen molar-refractivity contribution in [3.8, 4) is 11.5 Å². The van der Waals surface area contributed by atoms with Gasteiger partial charge in [-0.3, -0.25) is 9.59 Å². The van der Waals surface area contributed by atoms with Gasteiger partial charge in [0, 0.05) is 12.1 Å². The fraction of sp³-hybridized carbons (Fsp3) is 0.233. The Labute approximate surface area is 220 Å². The van der Waals surface area contributed by atoms with Crippen LogP contribution in [0.3, 0.4) is 0 Å². The van der Waals surface area contributed by atoms with Crippen molar-refractivity contribution in [2.24, 2.45) is 0 Å². The number of fused-ring (bicyclic) bond motifs is 1. The zero-order valence-corrected chi connectivity index (χ0v) is 21.1. The quantitative estimate of drug-likeness (QED) is 0.223. The van der Waals surface area contributed by atoms with E-state index in [-0.39, 0.29) is 24.5 Å². The summed E-state index contributed by atoms with van der Waals surface area (Å²) in [6, 6.07) is 18.3. The molecule has 5 rings (SSSR count). The third-order valence-electron chi connectivity index (χ3n) is 6.53. The number of esters is 1. The molecule has 3 aromatic carbocycles. The van der Waals surface area contributed by atoms with Crippen molar-refractivity contribution in [2.75, 3.05) is 19.8 Å². The predicted octanol–water partition coefficient (Wildman–Crippen LogP) is 4.56. The first kappa shape index (κ1) is 25.1. The SMILES string of the molecule is CCOC(=O)c1ccc(CN2C(=O)C(=O)/C(=C(\O)c3ccc4c(c3)OCCO4)C2c2cccc(C)c2)cc1. The van der Waals surface area contributed by atoms with E-state index in [0.717, 1.165) is 11.1 Å². The summed E-state index contributed by atoms with van der Waals surface area (Å²) in [6.45, 7) is 4.83. The Morgan fingerprint density at radius 2 is 1.68 bits per heavy atom. The maximum absolute atomic E-state index is 13.4. The van der Waals surface area contributed by atoms with Crippen LogP contribution in [0, 0.1) is 6.92 Å². The molecule has 38 heavy (non-hydrogen) atoms. The minimum Gasteiger partial charge on any atom is -0.507 e. The van der Waals surface area contributed by atoms with Crippen molar-refractivity contribution in [1.29, 1.82) is 0 Å². The zero-order valence-electron chi connectivity index (χ0n) is 21.1. The molecule has 194 valence electrons. The minimum atomic E-state index is -0.812. The Morgan fingerprint density at radius 3 is 2.39 bits per heavy atom. The molecular formula is C30H27NO7. The van der Waals surface area contributed by atoms with Crippen molar-refractivity contribution in [2.45, 2.75) is 26.4 Å². The van der Waals surface area contributed by atoms with Crippen LogP contribution < -0.4 is 9.47 Å². The van der Waals surface area contributed by atoms with Crippen LogP contribution in [0.5, 0.6) is 11.5 Å². The first-order chi connectivity index (χ1) is 18.4. The molecule has 2 aliphatic rings. The van der Waals surface area contributed by atoms with Gasteiger partial charge >= 0.3 is 5.97 Å². The fourth-order valence-electron chi connectivity index (χ4n) is 4.73. The van der Waals surface area contributed by atoms with E-state index < -0.39 is 23.7 Å². The van der Waals surface area contributed by atoms with Gasteiger partial charge in [0.15, 0.2) is 11.5 Å². The number of hydrogen-bond acceptors (Lipinski definition) is 7. The highest BCUT2D eigenvalue weighted by Crippen LogP contribution is 2.42. The van der Waals surface area contributed by atoms with E-state index in [0.29, 0.717) is 41.4 Å². The van der Waals surface area contributed by atoms with Gasteiger partial charge in [-0.05, 0) is 55.3 Å². The molecule has 0 aliphatic carbocycles. The van der Waals surface area contributed by atoms with Crippen molar-refractivity contribution in [1.82, 2.24) is 4.90 Å². The lowest BCUT2D eigenvalue weighted by atomic mass is 9.94. The van der Waals surface area contributed by atoms with Crippen LogP contribution in [0.15, 0.2) is 72.3 Å². The number of likely N-dealkylation sites (tertiary alicyclic amines) is 1. The molecule has 8 nitrogen and oxygen atoms in total. The standard InChI is InChI=1S/C30H27NO7/c1-3-36-30(35)20-9-7-19(8-10-20)17-31-26(21-6-4-5-18(2)15-21)25(28(33)29(31)34)27(32)22-11-12-23-24(16-22)38-14-13-37-23/h4-12,15-16,26,32H,3,13-14,17H2,1-2H3/b27-25-. The molecule has 0 radical (unpaired) electrons. The third kappa shape index (κ3) is 4.72. The van der Waals surface area contributed by atoms with E-state index in [1.54, 1.807) is 49.4 Å². The van der Waals surface area contributed by atoms with Crippen molar-refractivity contribution in [3.63, 3.8) is 0 Å². The summed E-state index contributed by atoms with van der Waals surface area (Å²) in [4.78, 5) is 40.2. The molecule has 0 spiro atoms. The van der Waals surface area contributed by atoms with Crippen LogP contribution in [0.25, 0.3) is 5.76 Å². The number of carbonyl (C=O) groups excluding carboxylic acids is 3. The van der Waals surface area contributed by atoms with Crippen molar-refractivity contribution >= 4 is 23.4 Å². The minimum absolute atomic E-state index is 0.000390. The molecule has 2 heterocycles. The summed E-state index contributed by atoms with van der Waals surface area (Å²) in [5.41, 5.74) is 3.12. The topological polar surface area (TPSA) is 102 Å². The number of ether oxygens (including phenoxy) is 3. The Bertz CT molecular complexity index is 1440. The number of aryl methyl sites for hydroxylation is 1. The number of hydrogen-bond donors (Lipinski definition) is 1. The summed E-state index contributed by atoms with van der Waals surface area (Å²) in [7, 11) is 0. The number of benzene rings is 3. The van der Waals surface area contributed by atoms with Crippen LogP contribution in [0.1, 0.15) is 45.6 Å². The lowest BCUT2D eigenvalue weighted by Crippen LogP contribution is -2.29. The molecule has 0 bridgehead atoms. The normalized spacial score (nSPS) is 17.9. The molecule has 1 atom stereocenters. The number of carbonyl (C=O) groups is 3. The molecule has 1 fully saturated rings. The van der Waals surface area contributed by atoms with E-state index in [9.17, 15) is 19.5 Å². The van der Waals surface area contributed by atoms with E-state index in [1.165, 1.54) is 4.90 Å². The van der Waals surface area contributed by atoms with Gasteiger partial charge in [-0.2, -0.15) is 0 Å². The molecule has 3 aromatic rings. The van der Waals surface area contributed by atoms with Gasteiger partial charge in [0.05, 0.1) is 23.8 Å². The maximum atomic E-state index is 13.4. The Morgan fingerprint density at radius 1 is 0.974 bits per heavy atom. The monoisotopic (exact) mass is 513 g/mol. The van der Waals surface area contributed by atoms with Crippen molar-refractivity contribution in [3.05, 3.63) is 100 Å². The van der Waals surface area contributed by atoms with E-state index in [4.69, 9.17) is 14.2 Å². The van der Waals surface area contributed by atoms with Gasteiger partial charge in [0.1, 0.15) is 19.0 Å². The average Bonchev–Trinajstić information content (AvgIpc) is 3.18. The number of ketones is 1. The Kier molecular flexibility index (Phi) is 6.87. The van der Waals surface area contributed by atoms with Crippen LogP contribution in [-0.4, -0.2) is 47.5 Å². The summed E-state index contributed by atoms with van der Waals surface area (Å²) in [5, 5.41) is 11.4. The smallest absolute Gasteiger partial charge is 0.338 e. The summed E-state index contributed by atoms with van der Waals surface area (Å²) >= 11 is 0. The fourth-order valence-corrected chi connectivity index (χ4v) is 4.73. The zero-order chi connectivity index (χ0) is 26.8. The number of Topliss-reactive ketones (excluding diaryl/α,β-unsaturated/α-hetero) is 1. The van der Waals surface area contributed by atoms with Gasteiger partial charge < -0.3 is 24.2 Å². The predicted molar refractivity (Wildman–Crippen MR) is 139 cm³/mol. The van der Waals surface area contributed by atoms with Crippen LogP contribution in [-0.2, 0) is 20.9 Å².